The lowest BCUT2D eigenvalue weighted by Gasteiger charge is -2.32. The molecule has 0 N–H and O–H groups in total. The highest BCUT2D eigenvalue weighted by molar-refractivity contribution is 6.30. The normalized spacial score (nSPS) is 18.5. The second kappa shape index (κ2) is 8.46. The standard InChI is InChI=1S/C21H24ClNO/c22-20-12-10-19(11-13-20)21(24)16-23-14-4-7-18(15-23)9-8-17-5-2-1-3-6-17/h1-3,5-6,10-13,18H,4,7-9,14-16H2. The van der Waals surface area contributed by atoms with Crippen LogP contribution in [0.15, 0.2) is 54.6 Å². The first kappa shape index (κ1) is 17.2. The fraction of sp³-hybridized carbons (Fsp3) is 0.381. The van der Waals surface area contributed by atoms with Gasteiger partial charge in [-0.1, -0.05) is 41.9 Å². The summed E-state index contributed by atoms with van der Waals surface area (Å²) in [4.78, 5) is 14.7. The predicted molar refractivity (Wildman–Crippen MR) is 99.7 cm³/mol. The van der Waals surface area contributed by atoms with Crippen molar-refractivity contribution in [2.45, 2.75) is 25.7 Å². The molecule has 0 saturated carbocycles. The zero-order chi connectivity index (χ0) is 16.8. The van der Waals surface area contributed by atoms with Gasteiger partial charge in [-0.15, -0.1) is 0 Å². The van der Waals surface area contributed by atoms with Gasteiger partial charge >= 0.3 is 0 Å². The lowest BCUT2D eigenvalue weighted by molar-refractivity contribution is 0.0882. The second-order valence-corrected chi connectivity index (χ2v) is 7.13. The van der Waals surface area contributed by atoms with E-state index in [2.05, 4.69) is 35.2 Å². The van der Waals surface area contributed by atoms with E-state index in [0.717, 1.165) is 25.1 Å². The molecule has 2 nitrogen and oxygen atoms in total. The fourth-order valence-corrected chi connectivity index (χ4v) is 3.60. The van der Waals surface area contributed by atoms with Gasteiger partial charge in [0.2, 0.25) is 0 Å². The lowest BCUT2D eigenvalue weighted by atomic mass is 9.91. The van der Waals surface area contributed by atoms with Crippen LogP contribution in [0, 0.1) is 5.92 Å². The molecular weight excluding hydrogens is 318 g/mol. The Hall–Kier alpha value is -1.64. The first-order chi connectivity index (χ1) is 11.7. The summed E-state index contributed by atoms with van der Waals surface area (Å²) in [6.07, 6.45) is 4.80. The predicted octanol–water partition coefficient (Wildman–Crippen LogP) is 4.87. The zero-order valence-electron chi connectivity index (χ0n) is 14.0. The Labute approximate surface area is 149 Å². The maximum absolute atomic E-state index is 12.4. The number of likely N-dealkylation sites (tertiary alicyclic amines) is 1. The summed E-state index contributed by atoms with van der Waals surface area (Å²) in [5, 5.41) is 0.672. The van der Waals surface area contributed by atoms with E-state index < -0.39 is 0 Å². The van der Waals surface area contributed by atoms with Crippen LogP contribution in [0.3, 0.4) is 0 Å². The van der Waals surface area contributed by atoms with Crippen LogP contribution in [0.1, 0.15) is 35.2 Å². The monoisotopic (exact) mass is 341 g/mol. The van der Waals surface area contributed by atoms with E-state index in [-0.39, 0.29) is 5.78 Å². The van der Waals surface area contributed by atoms with Crippen LogP contribution in [0.2, 0.25) is 5.02 Å². The highest BCUT2D eigenvalue weighted by atomic mass is 35.5. The molecule has 1 unspecified atom stereocenters. The summed E-state index contributed by atoms with van der Waals surface area (Å²) in [5.41, 5.74) is 2.16. The number of nitrogens with zero attached hydrogens (tertiary/aromatic N) is 1. The summed E-state index contributed by atoms with van der Waals surface area (Å²) in [6, 6.07) is 17.9. The number of halogens is 1. The molecule has 3 heteroatoms. The third-order valence-electron chi connectivity index (χ3n) is 4.82. The Morgan fingerprint density at radius 3 is 2.58 bits per heavy atom. The Bertz CT molecular complexity index is 653. The lowest BCUT2D eigenvalue weighted by Crippen LogP contribution is -2.39. The van der Waals surface area contributed by atoms with Crippen molar-refractivity contribution in [3.63, 3.8) is 0 Å². The highest BCUT2D eigenvalue weighted by Gasteiger charge is 2.21. The smallest absolute Gasteiger partial charge is 0.176 e. The molecule has 1 saturated heterocycles. The van der Waals surface area contributed by atoms with E-state index in [1.165, 1.54) is 24.8 Å². The second-order valence-electron chi connectivity index (χ2n) is 6.70. The number of carbonyl (C=O) groups is 1. The Morgan fingerprint density at radius 1 is 1.08 bits per heavy atom. The van der Waals surface area contributed by atoms with E-state index in [4.69, 9.17) is 11.6 Å². The van der Waals surface area contributed by atoms with Crippen LogP contribution in [0.5, 0.6) is 0 Å². The number of benzene rings is 2. The van der Waals surface area contributed by atoms with E-state index in [1.54, 1.807) is 12.1 Å². The third-order valence-corrected chi connectivity index (χ3v) is 5.07. The van der Waals surface area contributed by atoms with Gasteiger partial charge in [0.15, 0.2) is 5.78 Å². The van der Waals surface area contributed by atoms with Crippen molar-refractivity contribution in [1.29, 1.82) is 0 Å². The molecular formula is C21H24ClNO. The van der Waals surface area contributed by atoms with Gasteiger partial charge in [0.1, 0.15) is 0 Å². The van der Waals surface area contributed by atoms with Gasteiger partial charge < -0.3 is 0 Å². The van der Waals surface area contributed by atoms with Crippen molar-refractivity contribution < 1.29 is 4.79 Å². The molecule has 1 atom stereocenters. The summed E-state index contributed by atoms with van der Waals surface area (Å²) in [5.74, 6) is 0.882. The molecule has 0 bridgehead atoms. The van der Waals surface area contributed by atoms with Gasteiger partial charge in [-0.05, 0) is 68.0 Å². The molecule has 0 aliphatic carbocycles. The minimum atomic E-state index is 0.190. The summed E-state index contributed by atoms with van der Waals surface area (Å²) < 4.78 is 0. The third kappa shape index (κ3) is 4.93. The van der Waals surface area contributed by atoms with E-state index in [1.807, 2.05) is 12.1 Å². The largest absolute Gasteiger partial charge is 0.296 e. The van der Waals surface area contributed by atoms with Crippen LogP contribution in [0.25, 0.3) is 0 Å². The van der Waals surface area contributed by atoms with Crippen LogP contribution in [-0.4, -0.2) is 30.3 Å². The average Bonchev–Trinajstić information content (AvgIpc) is 2.62. The Kier molecular flexibility index (Phi) is 6.06. The highest BCUT2D eigenvalue weighted by Crippen LogP contribution is 2.22. The fourth-order valence-electron chi connectivity index (χ4n) is 3.48. The Morgan fingerprint density at radius 2 is 1.83 bits per heavy atom. The van der Waals surface area contributed by atoms with Crippen molar-refractivity contribution in [2.24, 2.45) is 5.92 Å². The number of piperidine rings is 1. The Balaban J connectivity index is 1.50. The SMILES string of the molecule is O=C(CN1CCCC(CCc2ccccc2)C1)c1ccc(Cl)cc1. The van der Waals surface area contributed by atoms with Gasteiger partial charge in [-0.2, -0.15) is 0 Å². The molecule has 0 spiro atoms. The molecule has 0 aromatic heterocycles. The van der Waals surface area contributed by atoms with Crippen LogP contribution >= 0.6 is 11.6 Å². The van der Waals surface area contributed by atoms with Gasteiger partial charge in [0.25, 0.3) is 0 Å². The number of hydrogen-bond acceptors (Lipinski definition) is 2. The van der Waals surface area contributed by atoms with Gasteiger partial charge in [0.05, 0.1) is 6.54 Å². The van der Waals surface area contributed by atoms with Crippen molar-refractivity contribution in [2.75, 3.05) is 19.6 Å². The van der Waals surface area contributed by atoms with Gasteiger partial charge in [0, 0.05) is 17.1 Å². The number of aryl methyl sites for hydroxylation is 1. The molecule has 3 rings (SSSR count). The molecule has 0 amide bonds. The molecule has 2 aromatic carbocycles. The van der Waals surface area contributed by atoms with Crippen LogP contribution < -0.4 is 0 Å². The van der Waals surface area contributed by atoms with Crippen molar-refractivity contribution in [3.8, 4) is 0 Å². The zero-order valence-corrected chi connectivity index (χ0v) is 14.7. The summed E-state index contributed by atoms with van der Waals surface area (Å²) in [7, 11) is 0. The van der Waals surface area contributed by atoms with Crippen molar-refractivity contribution >= 4 is 17.4 Å². The molecule has 24 heavy (non-hydrogen) atoms. The summed E-state index contributed by atoms with van der Waals surface area (Å²) >= 11 is 5.89. The van der Waals surface area contributed by atoms with E-state index in [9.17, 15) is 4.79 Å². The number of rotatable bonds is 6. The van der Waals surface area contributed by atoms with E-state index in [0.29, 0.717) is 17.5 Å². The number of hydrogen-bond donors (Lipinski definition) is 0. The molecule has 1 aliphatic rings. The van der Waals surface area contributed by atoms with E-state index >= 15 is 0 Å². The first-order valence-corrected chi connectivity index (χ1v) is 9.13. The quantitative estimate of drug-likeness (QED) is 0.699. The maximum Gasteiger partial charge on any atom is 0.176 e. The molecule has 1 heterocycles. The molecule has 1 fully saturated rings. The van der Waals surface area contributed by atoms with Crippen molar-refractivity contribution in [3.05, 3.63) is 70.7 Å². The molecule has 1 aliphatic heterocycles. The minimum absolute atomic E-state index is 0.190. The topological polar surface area (TPSA) is 20.3 Å². The number of carbonyl (C=O) groups excluding carboxylic acids is 1. The maximum atomic E-state index is 12.4. The minimum Gasteiger partial charge on any atom is -0.296 e. The average molecular weight is 342 g/mol. The molecule has 126 valence electrons. The molecule has 2 aromatic rings. The number of ketones is 1. The van der Waals surface area contributed by atoms with Crippen molar-refractivity contribution in [1.82, 2.24) is 4.90 Å². The number of Topliss-reactive ketones (excluding diaryl/α,β-unsaturated/α-hetero) is 1. The first-order valence-electron chi connectivity index (χ1n) is 8.76. The van der Waals surface area contributed by atoms with Crippen LogP contribution in [0.4, 0.5) is 0 Å². The van der Waals surface area contributed by atoms with Gasteiger partial charge in [-0.25, -0.2) is 0 Å². The van der Waals surface area contributed by atoms with Crippen LogP contribution in [-0.2, 0) is 6.42 Å². The molecule has 0 radical (unpaired) electrons. The summed E-state index contributed by atoms with van der Waals surface area (Å²) in [6.45, 7) is 2.58. The van der Waals surface area contributed by atoms with Gasteiger partial charge in [-0.3, -0.25) is 9.69 Å².